The highest BCUT2D eigenvalue weighted by molar-refractivity contribution is 5.89. The lowest BCUT2D eigenvalue weighted by Gasteiger charge is -2.20. The summed E-state index contributed by atoms with van der Waals surface area (Å²) >= 11 is 0. The Bertz CT molecular complexity index is 312. The van der Waals surface area contributed by atoms with Crippen LogP contribution in [0.3, 0.4) is 0 Å². The van der Waals surface area contributed by atoms with Crippen molar-refractivity contribution < 1.29 is 14.3 Å². The molecular weight excluding hydrogens is 234 g/mol. The van der Waals surface area contributed by atoms with Crippen molar-refractivity contribution in [2.75, 3.05) is 33.4 Å². The Morgan fingerprint density at radius 1 is 1.61 bits per heavy atom. The standard InChI is InChI=1S/C12H23N3O3/c1-12(2,13)8-14-11(17)9-6-10(16)15(7-9)4-5-18-3/h9H,4-8,13H2,1-3H3,(H,14,17). The minimum absolute atomic E-state index is 0.0132. The van der Waals surface area contributed by atoms with Crippen LogP contribution in [-0.2, 0) is 14.3 Å². The van der Waals surface area contributed by atoms with Gasteiger partial charge >= 0.3 is 0 Å². The lowest BCUT2D eigenvalue weighted by atomic mass is 10.1. The lowest BCUT2D eigenvalue weighted by Crippen LogP contribution is -2.47. The van der Waals surface area contributed by atoms with Gasteiger partial charge in [-0.2, -0.15) is 0 Å². The quantitative estimate of drug-likeness (QED) is 0.661. The SMILES string of the molecule is COCCN1CC(C(=O)NCC(C)(C)N)CC1=O. The van der Waals surface area contributed by atoms with Crippen LogP contribution in [0.5, 0.6) is 0 Å². The van der Waals surface area contributed by atoms with E-state index in [0.717, 1.165) is 0 Å². The summed E-state index contributed by atoms with van der Waals surface area (Å²) in [5, 5.41) is 2.79. The zero-order chi connectivity index (χ0) is 13.8. The molecule has 1 heterocycles. The molecule has 0 aromatic carbocycles. The largest absolute Gasteiger partial charge is 0.383 e. The van der Waals surface area contributed by atoms with E-state index in [1.54, 1.807) is 12.0 Å². The van der Waals surface area contributed by atoms with Gasteiger partial charge in [0.05, 0.1) is 12.5 Å². The minimum Gasteiger partial charge on any atom is -0.383 e. The average molecular weight is 257 g/mol. The van der Waals surface area contributed by atoms with Crippen molar-refractivity contribution in [3.05, 3.63) is 0 Å². The molecule has 18 heavy (non-hydrogen) atoms. The molecular formula is C12H23N3O3. The summed E-state index contributed by atoms with van der Waals surface area (Å²) in [4.78, 5) is 25.2. The van der Waals surface area contributed by atoms with Gasteiger partial charge in [-0.1, -0.05) is 0 Å². The summed E-state index contributed by atoms with van der Waals surface area (Å²) in [5.41, 5.74) is 5.36. The van der Waals surface area contributed by atoms with E-state index in [2.05, 4.69) is 5.32 Å². The van der Waals surface area contributed by atoms with Gasteiger partial charge in [0.15, 0.2) is 0 Å². The summed E-state index contributed by atoms with van der Waals surface area (Å²) in [6.07, 6.45) is 0.278. The van der Waals surface area contributed by atoms with Crippen molar-refractivity contribution in [2.24, 2.45) is 11.7 Å². The van der Waals surface area contributed by atoms with Gasteiger partial charge in [0.25, 0.3) is 0 Å². The van der Waals surface area contributed by atoms with E-state index in [4.69, 9.17) is 10.5 Å². The molecule has 1 fully saturated rings. The van der Waals surface area contributed by atoms with Gasteiger partial charge in [-0.05, 0) is 13.8 Å². The molecule has 0 spiro atoms. The number of methoxy groups -OCH3 is 1. The molecule has 1 unspecified atom stereocenters. The van der Waals surface area contributed by atoms with E-state index in [0.29, 0.717) is 26.2 Å². The van der Waals surface area contributed by atoms with Crippen LogP contribution in [-0.4, -0.2) is 55.6 Å². The van der Waals surface area contributed by atoms with E-state index < -0.39 is 5.54 Å². The Morgan fingerprint density at radius 3 is 2.83 bits per heavy atom. The molecule has 0 aliphatic carbocycles. The predicted molar refractivity (Wildman–Crippen MR) is 67.8 cm³/mol. The third kappa shape index (κ3) is 4.62. The van der Waals surface area contributed by atoms with Gasteiger partial charge in [0.1, 0.15) is 0 Å². The fourth-order valence-electron chi connectivity index (χ4n) is 1.82. The Balaban J connectivity index is 2.40. The second-order valence-corrected chi connectivity index (χ2v) is 5.44. The molecule has 1 rings (SSSR count). The van der Waals surface area contributed by atoms with Crippen molar-refractivity contribution >= 4 is 11.8 Å². The topological polar surface area (TPSA) is 84.7 Å². The molecule has 0 saturated carbocycles. The van der Waals surface area contributed by atoms with E-state index in [1.807, 2.05) is 13.8 Å². The monoisotopic (exact) mass is 257 g/mol. The summed E-state index contributed by atoms with van der Waals surface area (Å²) in [6.45, 7) is 5.61. The first kappa shape index (κ1) is 14.9. The summed E-state index contributed by atoms with van der Waals surface area (Å²) < 4.78 is 4.93. The van der Waals surface area contributed by atoms with Gasteiger partial charge in [0.2, 0.25) is 11.8 Å². The van der Waals surface area contributed by atoms with Crippen LogP contribution in [0.15, 0.2) is 0 Å². The van der Waals surface area contributed by atoms with Crippen molar-refractivity contribution in [3.8, 4) is 0 Å². The average Bonchev–Trinajstić information content (AvgIpc) is 2.64. The number of hydrogen-bond acceptors (Lipinski definition) is 4. The highest BCUT2D eigenvalue weighted by atomic mass is 16.5. The van der Waals surface area contributed by atoms with E-state index in [1.165, 1.54) is 0 Å². The molecule has 6 heteroatoms. The molecule has 3 N–H and O–H groups in total. The smallest absolute Gasteiger partial charge is 0.225 e. The zero-order valence-electron chi connectivity index (χ0n) is 11.4. The lowest BCUT2D eigenvalue weighted by molar-refractivity contribution is -0.129. The number of hydrogen-bond donors (Lipinski definition) is 2. The van der Waals surface area contributed by atoms with Crippen LogP contribution in [0.25, 0.3) is 0 Å². The number of nitrogens with one attached hydrogen (secondary N) is 1. The molecule has 104 valence electrons. The van der Waals surface area contributed by atoms with Crippen LogP contribution in [0.1, 0.15) is 20.3 Å². The van der Waals surface area contributed by atoms with Crippen LogP contribution in [0.2, 0.25) is 0 Å². The number of rotatable bonds is 6. The number of carbonyl (C=O) groups excluding carboxylic acids is 2. The summed E-state index contributed by atoms with van der Waals surface area (Å²) in [5.74, 6) is -0.349. The van der Waals surface area contributed by atoms with E-state index in [-0.39, 0.29) is 24.2 Å². The fourth-order valence-corrected chi connectivity index (χ4v) is 1.82. The van der Waals surface area contributed by atoms with E-state index >= 15 is 0 Å². The number of ether oxygens (including phenoxy) is 1. The molecule has 0 aromatic rings. The van der Waals surface area contributed by atoms with Gasteiger partial charge in [0, 0.05) is 38.7 Å². The molecule has 1 atom stereocenters. The fraction of sp³-hybridized carbons (Fsp3) is 0.833. The predicted octanol–water partition coefficient (Wildman–Crippen LogP) is -0.665. The Morgan fingerprint density at radius 2 is 2.28 bits per heavy atom. The number of carbonyl (C=O) groups is 2. The van der Waals surface area contributed by atoms with E-state index in [9.17, 15) is 9.59 Å². The van der Waals surface area contributed by atoms with Crippen molar-refractivity contribution in [1.29, 1.82) is 0 Å². The molecule has 0 bridgehead atoms. The molecule has 6 nitrogen and oxygen atoms in total. The Kier molecular flexibility index (Phi) is 5.10. The van der Waals surface area contributed by atoms with Gasteiger partial charge in [-0.25, -0.2) is 0 Å². The van der Waals surface area contributed by atoms with Crippen molar-refractivity contribution in [1.82, 2.24) is 10.2 Å². The van der Waals surface area contributed by atoms with Crippen LogP contribution < -0.4 is 11.1 Å². The van der Waals surface area contributed by atoms with Crippen molar-refractivity contribution in [2.45, 2.75) is 25.8 Å². The minimum atomic E-state index is -0.436. The number of amides is 2. The highest BCUT2D eigenvalue weighted by Gasteiger charge is 2.34. The Labute approximate surface area is 108 Å². The maximum Gasteiger partial charge on any atom is 0.225 e. The van der Waals surface area contributed by atoms with Crippen LogP contribution in [0.4, 0.5) is 0 Å². The van der Waals surface area contributed by atoms with Crippen LogP contribution in [0, 0.1) is 5.92 Å². The maximum absolute atomic E-state index is 11.9. The third-order valence-electron chi connectivity index (χ3n) is 2.87. The van der Waals surface area contributed by atoms with Gasteiger partial charge in [-0.3, -0.25) is 9.59 Å². The number of nitrogens with two attached hydrogens (primary N) is 1. The first-order valence-electron chi connectivity index (χ1n) is 6.17. The maximum atomic E-state index is 11.9. The van der Waals surface area contributed by atoms with Crippen molar-refractivity contribution in [3.63, 3.8) is 0 Å². The normalized spacial score (nSPS) is 20.3. The number of likely N-dealkylation sites (tertiary alicyclic amines) is 1. The third-order valence-corrected chi connectivity index (χ3v) is 2.87. The van der Waals surface area contributed by atoms with Crippen LogP contribution >= 0.6 is 0 Å². The molecule has 1 aliphatic heterocycles. The number of nitrogens with zero attached hydrogens (tertiary/aromatic N) is 1. The molecule has 0 aromatic heterocycles. The highest BCUT2D eigenvalue weighted by Crippen LogP contribution is 2.17. The Hall–Kier alpha value is -1.14. The zero-order valence-corrected chi connectivity index (χ0v) is 11.4. The van der Waals surface area contributed by atoms with Gasteiger partial charge in [-0.15, -0.1) is 0 Å². The first-order valence-corrected chi connectivity index (χ1v) is 6.17. The molecule has 1 saturated heterocycles. The second-order valence-electron chi connectivity index (χ2n) is 5.44. The first-order chi connectivity index (χ1) is 8.33. The molecule has 0 radical (unpaired) electrons. The second kappa shape index (κ2) is 6.15. The molecule has 1 aliphatic rings. The summed E-state index contributed by atoms with van der Waals surface area (Å²) in [6, 6.07) is 0. The van der Waals surface area contributed by atoms with Gasteiger partial charge < -0.3 is 20.7 Å². The summed E-state index contributed by atoms with van der Waals surface area (Å²) in [7, 11) is 1.59. The molecule has 2 amide bonds.